The molecule has 4 nitrogen and oxygen atoms in total. The fraction of sp³-hybridized carbons (Fsp3) is 0.462. The molecule has 4 N–H and O–H groups in total. The first kappa shape index (κ1) is 14.8. The van der Waals surface area contributed by atoms with Gasteiger partial charge in [-0.05, 0) is 23.6 Å². The highest BCUT2D eigenvalue weighted by molar-refractivity contribution is 6.30. The lowest BCUT2D eigenvalue weighted by Gasteiger charge is -2.23. The van der Waals surface area contributed by atoms with Crippen molar-refractivity contribution in [1.82, 2.24) is 4.90 Å². The molecule has 0 aliphatic rings. The average molecular weight is 270 g/mol. The standard InChI is InChI=1S/C13H20ClN3O/c1-9(2)6-17(8-13(16)18)7-10-3-4-11(14)5-12(10)15/h3-5,9H,6-8,15H2,1-2H3,(H2,16,18). The van der Waals surface area contributed by atoms with Crippen LogP contribution in [0.5, 0.6) is 0 Å². The summed E-state index contributed by atoms with van der Waals surface area (Å²) in [5.41, 5.74) is 12.8. The molecule has 5 heteroatoms. The molecule has 1 rings (SSSR count). The van der Waals surface area contributed by atoms with Crippen molar-refractivity contribution in [3.05, 3.63) is 28.8 Å². The molecule has 0 unspecified atom stereocenters. The van der Waals surface area contributed by atoms with Gasteiger partial charge in [0.1, 0.15) is 0 Å². The molecule has 0 aromatic heterocycles. The van der Waals surface area contributed by atoms with E-state index >= 15 is 0 Å². The van der Waals surface area contributed by atoms with E-state index < -0.39 is 0 Å². The first-order valence-electron chi connectivity index (χ1n) is 5.93. The second kappa shape index (κ2) is 6.61. The third-order valence-corrected chi connectivity index (χ3v) is 2.74. The predicted octanol–water partition coefficient (Wildman–Crippen LogP) is 1.87. The molecule has 0 saturated heterocycles. The minimum atomic E-state index is -0.330. The summed E-state index contributed by atoms with van der Waals surface area (Å²) >= 11 is 5.85. The topological polar surface area (TPSA) is 72.3 Å². The van der Waals surface area contributed by atoms with Crippen molar-refractivity contribution < 1.29 is 4.79 Å². The molecular weight excluding hydrogens is 250 g/mol. The highest BCUT2D eigenvalue weighted by atomic mass is 35.5. The lowest BCUT2D eigenvalue weighted by atomic mass is 10.1. The molecule has 0 fully saturated rings. The van der Waals surface area contributed by atoms with Crippen LogP contribution in [0, 0.1) is 5.92 Å². The first-order chi connectivity index (χ1) is 8.38. The maximum Gasteiger partial charge on any atom is 0.231 e. The molecule has 1 amide bonds. The van der Waals surface area contributed by atoms with Gasteiger partial charge < -0.3 is 11.5 Å². The number of nitrogens with two attached hydrogens (primary N) is 2. The zero-order valence-electron chi connectivity index (χ0n) is 10.8. The van der Waals surface area contributed by atoms with Crippen LogP contribution in [0.4, 0.5) is 5.69 Å². The second-order valence-electron chi connectivity index (χ2n) is 4.87. The van der Waals surface area contributed by atoms with Gasteiger partial charge in [-0.15, -0.1) is 0 Å². The smallest absolute Gasteiger partial charge is 0.231 e. The number of hydrogen-bond donors (Lipinski definition) is 2. The van der Waals surface area contributed by atoms with Gasteiger partial charge in [0.05, 0.1) is 6.54 Å². The van der Waals surface area contributed by atoms with Crippen LogP contribution in [0.15, 0.2) is 18.2 Å². The number of benzene rings is 1. The van der Waals surface area contributed by atoms with Crippen molar-refractivity contribution in [2.45, 2.75) is 20.4 Å². The average Bonchev–Trinajstić information content (AvgIpc) is 2.20. The van der Waals surface area contributed by atoms with E-state index in [1.807, 2.05) is 11.0 Å². The third-order valence-electron chi connectivity index (χ3n) is 2.50. The number of carbonyl (C=O) groups is 1. The highest BCUT2D eigenvalue weighted by Gasteiger charge is 2.12. The normalized spacial score (nSPS) is 11.2. The minimum absolute atomic E-state index is 0.236. The Labute approximate surface area is 113 Å². The Hall–Kier alpha value is -1.26. The number of carbonyl (C=O) groups excluding carboxylic acids is 1. The molecule has 1 aromatic carbocycles. The van der Waals surface area contributed by atoms with Crippen LogP contribution < -0.4 is 11.5 Å². The maximum absolute atomic E-state index is 11.0. The summed E-state index contributed by atoms with van der Waals surface area (Å²) in [6.45, 7) is 5.83. The van der Waals surface area contributed by atoms with Gasteiger partial charge in [0.25, 0.3) is 0 Å². The molecule has 0 spiro atoms. The number of hydrogen-bond acceptors (Lipinski definition) is 3. The Balaban J connectivity index is 2.78. The molecule has 0 aliphatic heterocycles. The molecule has 100 valence electrons. The summed E-state index contributed by atoms with van der Waals surface area (Å²) < 4.78 is 0. The SMILES string of the molecule is CC(C)CN(CC(N)=O)Cc1ccc(Cl)cc1N. The van der Waals surface area contributed by atoms with Crippen LogP contribution in [0.3, 0.4) is 0 Å². The lowest BCUT2D eigenvalue weighted by Crippen LogP contribution is -2.35. The zero-order chi connectivity index (χ0) is 13.7. The van der Waals surface area contributed by atoms with Crippen LogP contribution in [0.1, 0.15) is 19.4 Å². The van der Waals surface area contributed by atoms with E-state index in [-0.39, 0.29) is 12.5 Å². The summed E-state index contributed by atoms with van der Waals surface area (Å²) in [6.07, 6.45) is 0. The predicted molar refractivity (Wildman–Crippen MR) is 75.2 cm³/mol. The number of rotatable bonds is 6. The number of nitrogen functional groups attached to an aromatic ring is 1. The van der Waals surface area contributed by atoms with E-state index in [1.54, 1.807) is 12.1 Å². The Kier molecular flexibility index (Phi) is 5.44. The van der Waals surface area contributed by atoms with E-state index in [9.17, 15) is 4.79 Å². The number of halogens is 1. The van der Waals surface area contributed by atoms with E-state index in [0.29, 0.717) is 23.2 Å². The molecule has 0 radical (unpaired) electrons. The Morgan fingerprint density at radius 1 is 1.44 bits per heavy atom. The van der Waals surface area contributed by atoms with Crippen molar-refractivity contribution in [2.24, 2.45) is 11.7 Å². The van der Waals surface area contributed by atoms with Crippen LogP contribution >= 0.6 is 11.6 Å². The number of anilines is 1. The quantitative estimate of drug-likeness (QED) is 0.775. The Morgan fingerprint density at radius 3 is 2.61 bits per heavy atom. The molecule has 0 saturated carbocycles. The zero-order valence-corrected chi connectivity index (χ0v) is 11.6. The van der Waals surface area contributed by atoms with Crippen LogP contribution in [-0.2, 0) is 11.3 Å². The maximum atomic E-state index is 11.0. The minimum Gasteiger partial charge on any atom is -0.398 e. The van der Waals surface area contributed by atoms with Crippen molar-refractivity contribution in [3.8, 4) is 0 Å². The monoisotopic (exact) mass is 269 g/mol. The number of nitrogens with zero attached hydrogens (tertiary/aromatic N) is 1. The summed E-state index contributed by atoms with van der Waals surface area (Å²) in [5, 5.41) is 0.613. The van der Waals surface area contributed by atoms with Gasteiger partial charge >= 0.3 is 0 Å². The van der Waals surface area contributed by atoms with Crippen LogP contribution in [0.25, 0.3) is 0 Å². The van der Waals surface area contributed by atoms with Crippen molar-refractivity contribution in [2.75, 3.05) is 18.8 Å². The summed E-state index contributed by atoms with van der Waals surface area (Å²) in [5.74, 6) is 0.126. The van der Waals surface area contributed by atoms with Gasteiger partial charge in [-0.1, -0.05) is 31.5 Å². The van der Waals surface area contributed by atoms with Crippen molar-refractivity contribution in [3.63, 3.8) is 0 Å². The summed E-state index contributed by atoms with van der Waals surface area (Å²) in [7, 11) is 0. The fourth-order valence-corrected chi connectivity index (χ4v) is 2.05. The number of primary amides is 1. The highest BCUT2D eigenvalue weighted by Crippen LogP contribution is 2.19. The van der Waals surface area contributed by atoms with E-state index in [2.05, 4.69) is 13.8 Å². The van der Waals surface area contributed by atoms with Gasteiger partial charge in [0.15, 0.2) is 0 Å². The molecule has 1 aromatic rings. The van der Waals surface area contributed by atoms with E-state index in [0.717, 1.165) is 12.1 Å². The number of amides is 1. The summed E-state index contributed by atoms with van der Waals surface area (Å²) in [4.78, 5) is 13.0. The Bertz CT molecular complexity index is 421. The van der Waals surface area contributed by atoms with E-state index in [1.165, 1.54) is 0 Å². The van der Waals surface area contributed by atoms with Crippen LogP contribution in [-0.4, -0.2) is 23.9 Å². The fourth-order valence-electron chi connectivity index (χ4n) is 1.87. The molecule has 0 bridgehead atoms. The molecule has 18 heavy (non-hydrogen) atoms. The molecular formula is C13H20ClN3O. The lowest BCUT2D eigenvalue weighted by molar-refractivity contribution is -0.119. The van der Waals surface area contributed by atoms with Gasteiger partial charge in [0, 0.05) is 23.8 Å². The van der Waals surface area contributed by atoms with Gasteiger partial charge in [-0.2, -0.15) is 0 Å². The van der Waals surface area contributed by atoms with Crippen molar-refractivity contribution in [1.29, 1.82) is 0 Å². The molecule has 0 aliphatic carbocycles. The Morgan fingerprint density at radius 2 is 2.11 bits per heavy atom. The van der Waals surface area contributed by atoms with Gasteiger partial charge in [-0.25, -0.2) is 0 Å². The van der Waals surface area contributed by atoms with Crippen molar-refractivity contribution >= 4 is 23.2 Å². The first-order valence-corrected chi connectivity index (χ1v) is 6.31. The van der Waals surface area contributed by atoms with Gasteiger partial charge in [0.2, 0.25) is 5.91 Å². The largest absolute Gasteiger partial charge is 0.398 e. The molecule has 0 atom stereocenters. The summed E-state index contributed by atoms with van der Waals surface area (Å²) in [6, 6.07) is 5.39. The third kappa shape index (κ3) is 4.94. The van der Waals surface area contributed by atoms with Crippen LogP contribution in [0.2, 0.25) is 5.02 Å². The van der Waals surface area contributed by atoms with E-state index in [4.69, 9.17) is 23.1 Å². The van der Waals surface area contributed by atoms with Gasteiger partial charge in [-0.3, -0.25) is 9.69 Å². The molecule has 0 heterocycles. The second-order valence-corrected chi connectivity index (χ2v) is 5.31.